The smallest absolute Gasteiger partial charge is 0.238 e. The lowest BCUT2D eigenvalue weighted by Gasteiger charge is -2.30. The van der Waals surface area contributed by atoms with Crippen molar-refractivity contribution in [2.45, 2.75) is 18.6 Å². The molecule has 7 heteroatoms. The van der Waals surface area contributed by atoms with Crippen LogP contribution in [0, 0.1) is 0 Å². The van der Waals surface area contributed by atoms with Crippen molar-refractivity contribution >= 4 is 51.7 Å². The number of halogens is 1. The van der Waals surface area contributed by atoms with E-state index in [4.69, 9.17) is 11.6 Å². The minimum absolute atomic E-state index is 0.104. The molecule has 0 spiro atoms. The first-order valence-corrected chi connectivity index (χ1v) is 9.49. The average Bonchev–Trinajstić information content (AvgIpc) is 2.64. The van der Waals surface area contributed by atoms with Gasteiger partial charge in [0.2, 0.25) is 11.8 Å². The van der Waals surface area contributed by atoms with Gasteiger partial charge in [-0.25, -0.2) is 4.99 Å². The molecule has 1 unspecified atom stereocenters. The first-order valence-electron chi connectivity index (χ1n) is 8.24. The van der Waals surface area contributed by atoms with Gasteiger partial charge >= 0.3 is 0 Å². The van der Waals surface area contributed by atoms with E-state index in [0.29, 0.717) is 28.1 Å². The summed E-state index contributed by atoms with van der Waals surface area (Å²) >= 11 is 7.21. The van der Waals surface area contributed by atoms with Crippen LogP contribution < -0.4 is 5.32 Å². The number of amidine groups is 1. The first-order chi connectivity index (χ1) is 12.6. The van der Waals surface area contributed by atoms with Gasteiger partial charge in [-0.2, -0.15) is 0 Å². The number of thioether (sulfide) groups is 1. The molecule has 3 rings (SSSR count). The zero-order valence-electron chi connectivity index (χ0n) is 14.2. The molecule has 2 amide bonds. The summed E-state index contributed by atoms with van der Waals surface area (Å²) in [4.78, 5) is 31.2. The lowest BCUT2D eigenvalue weighted by Crippen LogP contribution is -2.45. The van der Waals surface area contributed by atoms with Crippen molar-refractivity contribution in [3.8, 4) is 0 Å². The van der Waals surface area contributed by atoms with E-state index in [9.17, 15) is 9.59 Å². The summed E-state index contributed by atoms with van der Waals surface area (Å²) in [5, 5.41) is 3.48. The molecular weight excluding hydrogens is 370 g/mol. The number of amides is 2. The molecule has 0 aromatic heterocycles. The molecule has 0 aliphatic carbocycles. The van der Waals surface area contributed by atoms with Gasteiger partial charge in [0.25, 0.3) is 0 Å². The van der Waals surface area contributed by atoms with Crippen LogP contribution in [0.4, 0.5) is 11.4 Å². The number of rotatable bonds is 4. The van der Waals surface area contributed by atoms with Crippen molar-refractivity contribution in [1.82, 2.24) is 4.90 Å². The zero-order chi connectivity index (χ0) is 18.5. The van der Waals surface area contributed by atoms with Crippen LogP contribution in [0.25, 0.3) is 0 Å². The summed E-state index contributed by atoms with van der Waals surface area (Å²) in [5.41, 5.74) is 1.40. The molecule has 1 aliphatic rings. The average molecular weight is 388 g/mol. The summed E-state index contributed by atoms with van der Waals surface area (Å²) < 4.78 is 0. The maximum absolute atomic E-state index is 12.6. The summed E-state index contributed by atoms with van der Waals surface area (Å²) in [6, 6.07) is 16.2. The van der Waals surface area contributed by atoms with Gasteiger partial charge in [0, 0.05) is 23.7 Å². The Balaban J connectivity index is 1.80. The Morgan fingerprint density at radius 1 is 1.23 bits per heavy atom. The van der Waals surface area contributed by atoms with E-state index in [-0.39, 0.29) is 18.2 Å². The predicted octanol–water partition coefficient (Wildman–Crippen LogP) is 4.32. The van der Waals surface area contributed by atoms with Crippen molar-refractivity contribution in [3.63, 3.8) is 0 Å². The normalized spacial score (nSPS) is 18.8. The Kier molecular flexibility index (Phi) is 5.96. The second kappa shape index (κ2) is 8.38. The van der Waals surface area contributed by atoms with Crippen LogP contribution in [0.15, 0.2) is 59.6 Å². The van der Waals surface area contributed by atoms with Gasteiger partial charge in [-0.15, -0.1) is 0 Å². The zero-order valence-corrected chi connectivity index (χ0v) is 15.8. The van der Waals surface area contributed by atoms with Crippen LogP contribution in [-0.4, -0.2) is 33.7 Å². The third-order valence-electron chi connectivity index (χ3n) is 3.84. The number of carbonyl (C=O) groups excluding carboxylic acids is 2. The molecule has 26 heavy (non-hydrogen) atoms. The van der Waals surface area contributed by atoms with Crippen LogP contribution in [-0.2, 0) is 9.59 Å². The van der Waals surface area contributed by atoms with E-state index in [0.717, 1.165) is 0 Å². The van der Waals surface area contributed by atoms with Gasteiger partial charge in [0.1, 0.15) is 5.25 Å². The number of para-hydroxylation sites is 1. The van der Waals surface area contributed by atoms with Gasteiger partial charge < -0.3 is 5.32 Å². The molecule has 1 saturated heterocycles. The SMILES string of the molecule is CCN1C(=O)CC(C(=O)Nc2ccccc2)SC1=Nc1ccc(Cl)cc1. The highest BCUT2D eigenvalue weighted by atomic mass is 35.5. The lowest BCUT2D eigenvalue weighted by atomic mass is 10.2. The Bertz CT molecular complexity index is 824. The monoisotopic (exact) mass is 387 g/mol. The highest BCUT2D eigenvalue weighted by Crippen LogP contribution is 2.30. The van der Waals surface area contributed by atoms with Crippen molar-refractivity contribution in [3.05, 3.63) is 59.6 Å². The Labute approximate surface area is 161 Å². The van der Waals surface area contributed by atoms with Crippen molar-refractivity contribution in [1.29, 1.82) is 0 Å². The van der Waals surface area contributed by atoms with Gasteiger partial charge in [-0.3, -0.25) is 14.5 Å². The van der Waals surface area contributed by atoms with E-state index < -0.39 is 5.25 Å². The highest BCUT2D eigenvalue weighted by Gasteiger charge is 2.35. The van der Waals surface area contributed by atoms with E-state index in [1.54, 1.807) is 29.2 Å². The number of hydrogen-bond donors (Lipinski definition) is 1. The third kappa shape index (κ3) is 4.45. The second-order valence-corrected chi connectivity index (χ2v) is 7.28. The third-order valence-corrected chi connectivity index (χ3v) is 5.28. The second-order valence-electron chi connectivity index (χ2n) is 5.67. The van der Waals surface area contributed by atoms with E-state index in [2.05, 4.69) is 10.3 Å². The van der Waals surface area contributed by atoms with Crippen LogP contribution in [0.5, 0.6) is 0 Å². The predicted molar refractivity (Wildman–Crippen MR) is 107 cm³/mol. The molecule has 5 nitrogen and oxygen atoms in total. The molecule has 2 aromatic carbocycles. The van der Waals surface area contributed by atoms with Gasteiger partial charge in [0.15, 0.2) is 5.17 Å². The Hall–Kier alpha value is -2.31. The number of carbonyl (C=O) groups is 2. The topological polar surface area (TPSA) is 61.8 Å². The molecule has 1 fully saturated rings. The summed E-state index contributed by atoms with van der Waals surface area (Å²) in [7, 11) is 0. The lowest BCUT2D eigenvalue weighted by molar-refractivity contribution is -0.129. The standard InChI is InChI=1S/C19H18ClN3O2S/c1-2-23-17(24)12-16(18(25)21-14-6-4-3-5-7-14)26-19(23)22-15-10-8-13(20)9-11-15/h3-11,16H,2,12H2,1H3,(H,21,25). The molecule has 2 aromatic rings. The number of hydrogen-bond acceptors (Lipinski definition) is 4. The molecule has 1 N–H and O–H groups in total. The molecule has 1 aliphatic heterocycles. The molecule has 0 saturated carbocycles. The number of aliphatic imine (C=N–C) groups is 1. The summed E-state index contributed by atoms with van der Waals surface area (Å²) in [5.74, 6) is -0.304. The quantitative estimate of drug-likeness (QED) is 0.849. The van der Waals surface area contributed by atoms with Gasteiger partial charge in [0.05, 0.1) is 5.69 Å². The van der Waals surface area contributed by atoms with Crippen LogP contribution in [0.1, 0.15) is 13.3 Å². The number of anilines is 1. The molecule has 1 heterocycles. The van der Waals surface area contributed by atoms with Gasteiger partial charge in [-0.1, -0.05) is 41.6 Å². The summed E-state index contributed by atoms with van der Waals surface area (Å²) in [6.07, 6.45) is 0.150. The van der Waals surface area contributed by atoms with E-state index in [1.165, 1.54) is 11.8 Å². The van der Waals surface area contributed by atoms with Crippen LogP contribution >= 0.6 is 23.4 Å². The minimum Gasteiger partial charge on any atom is -0.325 e. The van der Waals surface area contributed by atoms with Crippen LogP contribution in [0.2, 0.25) is 5.02 Å². The fraction of sp³-hybridized carbons (Fsp3) is 0.211. The van der Waals surface area contributed by atoms with Gasteiger partial charge in [-0.05, 0) is 43.3 Å². The van der Waals surface area contributed by atoms with Crippen LogP contribution in [0.3, 0.4) is 0 Å². The molecular formula is C19H18ClN3O2S. The largest absolute Gasteiger partial charge is 0.325 e. The van der Waals surface area contributed by atoms with Crippen molar-refractivity contribution in [2.75, 3.05) is 11.9 Å². The maximum atomic E-state index is 12.6. The first kappa shape index (κ1) is 18.5. The highest BCUT2D eigenvalue weighted by molar-refractivity contribution is 8.15. The van der Waals surface area contributed by atoms with Crippen molar-refractivity contribution in [2.24, 2.45) is 4.99 Å². The Morgan fingerprint density at radius 2 is 1.92 bits per heavy atom. The summed E-state index contributed by atoms with van der Waals surface area (Å²) in [6.45, 7) is 2.39. The maximum Gasteiger partial charge on any atom is 0.238 e. The minimum atomic E-state index is -0.517. The number of nitrogens with one attached hydrogen (secondary N) is 1. The van der Waals surface area contributed by atoms with Crippen molar-refractivity contribution < 1.29 is 9.59 Å². The molecule has 134 valence electrons. The Morgan fingerprint density at radius 3 is 2.58 bits per heavy atom. The fourth-order valence-corrected chi connectivity index (χ4v) is 3.81. The number of nitrogens with zero attached hydrogens (tertiary/aromatic N) is 2. The molecule has 1 atom stereocenters. The van der Waals surface area contributed by atoms with E-state index >= 15 is 0 Å². The fourth-order valence-electron chi connectivity index (χ4n) is 2.52. The molecule has 0 bridgehead atoms. The molecule has 0 radical (unpaired) electrons. The van der Waals surface area contributed by atoms with E-state index in [1.807, 2.05) is 37.3 Å². The number of benzene rings is 2.